The van der Waals surface area contributed by atoms with E-state index in [2.05, 4.69) is 15.8 Å². The average Bonchev–Trinajstić information content (AvgIpc) is 2.77. The molecule has 0 aliphatic rings. The normalized spacial score (nSPS) is 12.2. The molecule has 0 unspecified atom stereocenters. The summed E-state index contributed by atoms with van der Waals surface area (Å²) in [5, 5.41) is 6.52. The fourth-order valence-electron chi connectivity index (χ4n) is 2.76. The first-order valence-corrected chi connectivity index (χ1v) is 10.4. The Hall–Kier alpha value is -3.59. The first kappa shape index (κ1) is 25.7. The van der Waals surface area contributed by atoms with Gasteiger partial charge in [0, 0.05) is 5.56 Å². The van der Waals surface area contributed by atoms with Gasteiger partial charge in [-0.15, -0.1) is 0 Å². The van der Waals surface area contributed by atoms with Gasteiger partial charge in [0.05, 0.1) is 33.6 Å². The minimum atomic E-state index is -1.02. The first-order valence-electron chi connectivity index (χ1n) is 10.4. The number of carbonyl (C=O) groups is 2. The van der Waals surface area contributed by atoms with Gasteiger partial charge in [0.2, 0.25) is 0 Å². The van der Waals surface area contributed by atoms with Crippen molar-refractivity contribution in [3.8, 4) is 11.5 Å². The minimum absolute atomic E-state index is 0.0715. The molecule has 33 heavy (non-hydrogen) atoms. The second-order valence-corrected chi connectivity index (χ2v) is 8.02. The summed E-state index contributed by atoms with van der Waals surface area (Å²) in [7, 11) is 3.04. The van der Waals surface area contributed by atoms with Gasteiger partial charge in [0.15, 0.2) is 11.5 Å². The number of para-hydroxylation sites is 1. The quantitative estimate of drug-likeness (QED) is 0.419. The van der Waals surface area contributed by atoms with E-state index >= 15 is 0 Å². The molecule has 0 aliphatic carbocycles. The molecule has 0 aliphatic heterocycles. The van der Waals surface area contributed by atoms with Crippen LogP contribution < -0.4 is 20.2 Å². The van der Waals surface area contributed by atoms with E-state index in [4.69, 9.17) is 18.9 Å². The van der Waals surface area contributed by atoms with Crippen LogP contribution in [-0.2, 0) is 20.9 Å². The number of benzene rings is 2. The van der Waals surface area contributed by atoms with Gasteiger partial charge >= 0.3 is 6.09 Å². The Labute approximate surface area is 194 Å². The highest BCUT2D eigenvalue weighted by molar-refractivity contribution is 5.89. The van der Waals surface area contributed by atoms with Gasteiger partial charge in [0.1, 0.15) is 11.6 Å². The Balaban J connectivity index is 2.05. The molecule has 0 heterocycles. The zero-order valence-corrected chi connectivity index (χ0v) is 19.6. The summed E-state index contributed by atoms with van der Waals surface area (Å²) < 4.78 is 21.5. The van der Waals surface area contributed by atoms with Crippen molar-refractivity contribution in [2.45, 2.75) is 39.0 Å². The number of alkyl carbamates (subject to hydrolysis) is 1. The predicted molar refractivity (Wildman–Crippen MR) is 125 cm³/mol. The molecule has 2 aromatic rings. The van der Waals surface area contributed by atoms with Crippen LogP contribution in [0.15, 0.2) is 53.6 Å². The summed E-state index contributed by atoms with van der Waals surface area (Å²) in [5.74, 6) is 0.450. The molecule has 2 amide bonds. The maximum atomic E-state index is 12.7. The lowest BCUT2D eigenvalue weighted by Crippen LogP contribution is -2.49. The molecule has 2 aromatic carbocycles. The molecule has 0 fully saturated rings. The highest BCUT2D eigenvalue weighted by Gasteiger charge is 2.24. The van der Waals surface area contributed by atoms with Crippen molar-refractivity contribution < 1.29 is 28.5 Å². The van der Waals surface area contributed by atoms with E-state index in [1.54, 1.807) is 39.0 Å². The number of hydrazone groups is 1. The largest absolute Gasteiger partial charge is 0.493 e. The second-order valence-electron chi connectivity index (χ2n) is 8.02. The second kappa shape index (κ2) is 12.4. The predicted octanol–water partition coefficient (Wildman–Crippen LogP) is 3.26. The van der Waals surface area contributed by atoms with Gasteiger partial charge in [-0.25, -0.2) is 10.2 Å². The van der Waals surface area contributed by atoms with E-state index in [1.165, 1.54) is 20.4 Å². The molecular formula is C24H31N3O6. The number of rotatable bonds is 10. The highest BCUT2D eigenvalue weighted by Crippen LogP contribution is 2.29. The Bertz CT molecular complexity index is 941. The van der Waals surface area contributed by atoms with Gasteiger partial charge in [-0.05, 0) is 38.5 Å². The average molecular weight is 458 g/mol. The number of carbonyl (C=O) groups excluding carboxylic acids is 2. The van der Waals surface area contributed by atoms with E-state index in [1.807, 2.05) is 30.3 Å². The van der Waals surface area contributed by atoms with Gasteiger partial charge < -0.3 is 24.3 Å². The third-order valence-corrected chi connectivity index (χ3v) is 4.22. The van der Waals surface area contributed by atoms with Crippen LogP contribution in [0.1, 0.15) is 31.9 Å². The molecule has 0 spiro atoms. The Morgan fingerprint density at radius 3 is 2.39 bits per heavy atom. The van der Waals surface area contributed by atoms with E-state index in [-0.39, 0.29) is 13.2 Å². The third-order valence-electron chi connectivity index (χ3n) is 4.22. The minimum Gasteiger partial charge on any atom is -0.493 e. The van der Waals surface area contributed by atoms with Crippen molar-refractivity contribution in [3.63, 3.8) is 0 Å². The molecule has 2 N–H and O–H groups in total. The van der Waals surface area contributed by atoms with Crippen LogP contribution in [0.25, 0.3) is 0 Å². The Morgan fingerprint density at radius 2 is 1.76 bits per heavy atom. The summed E-state index contributed by atoms with van der Waals surface area (Å²) in [5.41, 5.74) is 3.26. The lowest BCUT2D eigenvalue weighted by Gasteiger charge is -2.22. The van der Waals surface area contributed by atoms with Gasteiger partial charge in [0.25, 0.3) is 5.91 Å². The molecule has 2 rings (SSSR count). The van der Waals surface area contributed by atoms with Crippen LogP contribution in [0.3, 0.4) is 0 Å². The van der Waals surface area contributed by atoms with Crippen LogP contribution in [-0.4, -0.2) is 50.7 Å². The molecule has 9 heteroatoms. The molecule has 0 saturated carbocycles. The zero-order chi connectivity index (χ0) is 24.3. The van der Waals surface area contributed by atoms with Gasteiger partial charge in [-0.2, -0.15) is 5.10 Å². The van der Waals surface area contributed by atoms with E-state index < -0.39 is 23.6 Å². The zero-order valence-electron chi connectivity index (χ0n) is 19.6. The fourth-order valence-corrected chi connectivity index (χ4v) is 2.76. The SMILES string of the molecule is COc1cccc(/C=N\NC(=O)[C@H](COCc2ccccc2)NC(=O)OC(C)(C)C)c1OC. The van der Waals surface area contributed by atoms with Crippen molar-refractivity contribution in [1.29, 1.82) is 0 Å². The molecular weight excluding hydrogens is 426 g/mol. The first-order chi connectivity index (χ1) is 15.7. The summed E-state index contributed by atoms with van der Waals surface area (Å²) >= 11 is 0. The molecule has 9 nitrogen and oxygen atoms in total. The number of nitrogens with zero attached hydrogens (tertiary/aromatic N) is 1. The van der Waals surface area contributed by atoms with Crippen molar-refractivity contribution in [2.75, 3.05) is 20.8 Å². The van der Waals surface area contributed by atoms with Crippen LogP contribution >= 0.6 is 0 Å². The highest BCUT2D eigenvalue weighted by atomic mass is 16.6. The summed E-state index contributed by atoms with van der Waals surface area (Å²) in [6.45, 7) is 5.42. The topological polar surface area (TPSA) is 107 Å². The van der Waals surface area contributed by atoms with Crippen LogP contribution in [0.2, 0.25) is 0 Å². The van der Waals surface area contributed by atoms with Crippen LogP contribution in [0, 0.1) is 0 Å². The van der Waals surface area contributed by atoms with Gasteiger partial charge in [-0.3, -0.25) is 4.79 Å². The number of amides is 2. The molecule has 0 radical (unpaired) electrons. The lowest BCUT2D eigenvalue weighted by molar-refractivity contribution is -0.124. The van der Waals surface area contributed by atoms with Crippen molar-refractivity contribution in [2.24, 2.45) is 5.10 Å². The summed E-state index contributed by atoms with van der Waals surface area (Å²) in [6, 6.07) is 13.8. The number of nitrogens with one attached hydrogen (secondary N) is 2. The standard InChI is InChI=1S/C24H31N3O6/c1-24(2,3)33-23(29)26-19(16-32-15-17-10-7-6-8-11-17)22(28)27-25-14-18-12-9-13-20(30-4)21(18)31-5/h6-14,19H,15-16H2,1-5H3,(H,26,29)(H,27,28)/b25-14-/t19-/m0/s1. The summed E-state index contributed by atoms with van der Waals surface area (Å²) in [6.07, 6.45) is 0.693. The third kappa shape index (κ3) is 8.82. The van der Waals surface area contributed by atoms with Crippen molar-refractivity contribution >= 4 is 18.2 Å². The molecule has 0 saturated heterocycles. The van der Waals surface area contributed by atoms with Crippen molar-refractivity contribution in [3.05, 3.63) is 59.7 Å². The van der Waals surface area contributed by atoms with E-state index in [0.29, 0.717) is 17.1 Å². The fraction of sp³-hybridized carbons (Fsp3) is 0.375. The van der Waals surface area contributed by atoms with E-state index in [9.17, 15) is 9.59 Å². The number of methoxy groups -OCH3 is 2. The Kier molecular flexibility index (Phi) is 9.68. The van der Waals surface area contributed by atoms with E-state index in [0.717, 1.165) is 5.56 Å². The molecule has 178 valence electrons. The molecule has 0 bridgehead atoms. The van der Waals surface area contributed by atoms with Crippen LogP contribution in [0.5, 0.6) is 11.5 Å². The number of hydrogen-bond acceptors (Lipinski definition) is 7. The molecule has 0 aromatic heterocycles. The Morgan fingerprint density at radius 1 is 1.03 bits per heavy atom. The number of hydrogen-bond donors (Lipinski definition) is 2. The monoisotopic (exact) mass is 457 g/mol. The maximum Gasteiger partial charge on any atom is 0.408 e. The number of ether oxygens (including phenoxy) is 4. The van der Waals surface area contributed by atoms with Gasteiger partial charge in [-0.1, -0.05) is 36.4 Å². The summed E-state index contributed by atoms with van der Waals surface area (Å²) in [4.78, 5) is 24.9. The maximum absolute atomic E-state index is 12.7. The molecule has 1 atom stereocenters. The van der Waals surface area contributed by atoms with Crippen LogP contribution in [0.4, 0.5) is 4.79 Å². The lowest BCUT2D eigenvalue weighted by atomic mass is 10.2. The smallest absolute Gasteiger partial charge is 0.408 e. The van der Waals surface area contributed by atoms with Crippen molar-refractivity contribution in [1.82, 2.24) is 10.7 Å².